The first-order valence-corrected chi connectivity index (χ1v) is 6.71. The van der Waals surface area contributed by atoms with Gasteiger partial charge in [-0.2, -0.15) is 5.26 Å². The Hall–Kier alpha value is -1.81. The van der Waals surface area contributed by atoms with E-state index in [1.54, 1.807) is 24.9 Å². The third-order valence-corrected chi connectivity index (χ3v) is 3.37. The highest BCUT2D eigenvalue weighted by atomic mass is 32.2. The van der Waals surface area contributed by atoms with E-state index in [1.165, 1.54) is 11.8 Å². The fourth-order valence-corrected chi connectivity index (χ4v) is 2.42. The lowest BCUT2D eigenvalue weighted by molar-refractivity contribution is -0.128. The third-order valence-electron chi connectivity index (χ3n) is 2.42. The van der Waals surface area contributed by atoms with Gasteiger partial charge in [0.05, 0.1) is 17.7 Å². The molecule has 1 rings (SSSR count). The van der Waals surface area contributed by atoms with Crippen LogP contribution >= 0.6 is 11.8 Å². The Morgan fingerprint density at radius 3 is 2.89 bits per heavy atom. The highest BCUT2D eigenvalue weighted by Crippen LogP contribution is 2.21. The molecule has 2 N–H and O–H groups in total. The van der Waals surface area contributed by atoms with E-state index >= 15 is 0 Å². The molecular formula is C12H17N5OS. The Morgan fingerprint density at radius 1 is 1.63 bits per heavy atom. The molecule has 102 valence electrons. The van der Waals surface area contributed by atoms with Crippen molar-refractivity contribution in [2.45, 2.75) is 30.7 Å². The number of carbonyl (C=O) groups excluding carboxylic acids is 1. The van der Waals surface area contributed by atoms with Crippen molar-refractivity contribution in [2.75, 3.05) is 19.3 Å². The number of anilines is 1. The van der Waals surface area contributed by atoms with Crippen LogP contribution in [0, 0.1) is 18.3 Å². The molecule has 1 aromatic heterocycles. The number of amides is 1. The maximum Gasteiger partial charge on any atom is 0.235 e. The van der Waals surface area contributed by atoms with Crippen molar-refractivity contribution < 1.29 is 4.79 Å². The second-order valence-electron chi connectivity index (χ2n) is 4.14. The fourth-order valence-electron chi connectivity index (χ4n) is 1.46. The lowest BCUT2D eigenvalue weighted by Gasteiger charge is -2.19. The number of nitriles is 1. The van der Waals surface area contributed by atoms with Crippen molar-refractivity contribution in [2.24, 2.45) is 0 Å². The van der Waals surface area contributed by atoms with Gasteiger partial charge in [-0.15, -0.1) is 0 Å². The fraction of sp³-hybridized carbons (Fsp3) is 0.500. The summed E-state index contributed by atoms with van der Waals surface area (Å²) in [6.45, 7) is 4.04. The summed E-state index contributed by atoms with van der Waals surface area (Å²) in [7, 11) is 1.68. The first kappa shape index (κ1) is 15.2. The molecular weight excluding hydrogens is 262 g/mol. The van der Waals surface area contributed by atoms with Crippen molar-refractivity contribution in [1.29, 1.82) is 5.26 Å². The number of thioether (sulfide) groups is 1. The molecule has 0 fully saturated rings. The van der Waals surface area contributed by atoms with E-state index in [-0.39, 0.29) is 11.2 Å². The van der Waals surface area contributed by atoms with Gasteiger partial charge in [0.2, 0.25) is 5.91 Å². The van der Waals surface area contributed by atoms with Gasteiger partial charge >= 0.3 is 0 Å². The summed E-state index contributed by atoms with van der Waals surface area (Å²) in [5, 5.41) is 8.68. The van der Waals surface area contributed by atoms with Gasteiger partial charge in [0.25, 0.3) is 0 Å². The van der Waals surface area contributed by atoms with Crippen LogP contribution in [0.2, 0.25) is 0 Å². The number of rotatable bonds is 5. The van der Waals surface area contributed by atoms with Crippen molar-refractivity contribution >= 4 is 23.5 Å². The van der Waals surface area contributed by atoms with E-state index < -0.39 is 0 Å². The maximum absolute atomic E-state index is 12.0. The molecule has 0 saturated carbocycles. The van der Waals surface area contributed by atoms with Crippen LogP contribution in [0.5, 0.6) is 0 Å². The summed E-state index contributed by atoms with van der Waals surface area (Å²) in [5.41, 5.74) is 6.41. The van der Waals surface area contributed by atoms with Gasteiger partial charge in [-0.05, 0) is 13.8 Å². The normalized spacial score (nSPS) is 11.7. The summed E-state index contributed by atoms with van der Waals surface area (Å²) in [6.07, 6.45) is 0.327. The molecule has 1 amide bonds. The summed E-state index contributed by atoms with van der Waals surface area (Å²) < 4.78 is 0. The van der Waals surface area contributed by atoms with Crippen LogP contribution in [-0.4, -0.2) is 39.6 Å². The molecule has 0 bridgehead atoms. The van der Waals surface area contributed by atoms with Gasteiger partial charge in [0.15, 0.2) is 5.16 Å². The van der Waals surface area contributed by atoms with Crippen LogP contribution in [-0.2, 0) is 4.79 Å². The van der Waals surface area contributed by atoms with Crippen molar-refractivity contribution in [3.8, 4) is 6.07 Å². The first-order valence-electron chi connectivity index (χ1n) is 5.83. The average Bonchev–Trinajstić information content (AvgIpc) is 2.33. The molecule has 0 aromatic carbocycles. The molecule has 0 aliphatic heterocycles. The Labute approximate surface area is 117 Å². The van der Waals surface area contributed by atoms with E-state index in [4.69, 9.17) is 11.0 Å². The minimum absolute atomic E-state index is 0.0519. The smallest absolute Gasteiger partial charge is 0.235 e. The third kappa shape index (κ3) is 4.75. The van der Waals surface area contributed by atoms with Crippen molar-refractivity contribution in [1.82, 2.24) is 14.9 Å². The summed E-state index contributed by atoms with van der Waals surface area (Å²) >= 11 is 1.27. The molecule has 19 heavy (non-hydrogen) atoms. The van der Waals surface area contributed by atoms with E-state index in [1.807, 2.05) is 13.0 Å². The Morgan fingerprint density at radius 2 is 2.32 bits per heavy atom. The van der Waals surface area contributed by atoms with Crippen molar-refractivity contribution in [3.63, 3.8) is 0 Å². The number of hydrogen-bond donors (Lipinski definition) is 1. The second-order valence-corrected chi connectivity index (χ2v) is 5.45. The van der Waals surface area contributed by atoms with Crippen LogP contribution in [0.4, 0.5) is 5.82 Å². The highest BCUT2D eigenvalue weighted by Gasteiger charge is 2.19. The van der Waals surface area contributed by atoms with E-state index in [0.29, 0.717) is 23.9 Å². The molecule has 7 heteroatoms. The standard InChI is InChI=1S/C12H17N5OS/c1-8-7-10(14)16-12(15-8)19-9(2)11(18)17(3)6-4-5-13/h7,9H,4,6H2,1-3H3,(H2,14,15,16)/t9-/m1/s1. The van der Waals surface area contributed by atoms with Gasteiger partial charge in [0.1, 0.15) is 5.82 Å². The molecule has 0 spiro atoms. The zero-order valence-corrected chi connectivity index (χ0v) is 12.1. The Balaban J connectivity index is 2.66. The lowest BCUT2D eigenvalue weighted by Crippen LogP contribution is -2.34. The van der Waals surface area contributed by atoms with Crippen LogP contribution in [0.15, 0.2) is 11.2 Å². The highest BCUT2D eigenvalue weighted by molar-refractivity contribution is 8.00. The minimum Gasteiger partial charge on any atom is -0.384 e. The lowest BCUT2D eigenvalue weighted by atomic mass is 10.3. The van der Waals surface area contributed by atoms with E-state index in [0.717, 1.165) is 5.69 Å². The number of hydrogen-bond acceptors (Lipinski definition) is 6. The van der Waals surface area contributed by atoms with Gasteiger partial charge in [-0.25, -0.2) is 9.97 Å². The predicted octanol–water partition coefficient (Wildman–Crippen LogP) is 1.22. The average molecular weight is 279 g/mol. The van der Waals surface area contributed by atoms with Crippen molar-refractivity contribution in [3.05, 3.63) is 11.8 Å². The Bertz CT molecular complexity index is 479. The number of aromatic nitrogens is 2. The maximum atomic E-state index is 12.0. The summed E-state index contributed by atoms with van der Waals surface area (Å²) in [4.78, 5) is 21.9. The van der Waals surface area contributed by atoms with Gasteiger partial charge in [-0.1, -0.05) is 11.8 Å². The zero-order valence-electron chi connectivity index (χ0n) is 11.3. The topological polar surface area (TPSA) is 95.9 Å². The Kier molecular flexibility index (Phi) is 5.57. The molecule has 1 heterocycles. The van der Waals surface area contributed by atoms with Crippen LogP contribution < -0.4 is 5.73 Å². The van der Waals surface area contributed by atoms with Crippen LogP contribution in [0.3, 0.4) is 0 Å². The molecule has 0 unspecified atom stereocenters. The summed E-state index contributed by atoms with van der Waals surface area (Å²) in [5.74, 6) is 0.344. The molecule has 0 saturated heterocycles. The molecule has 1 atom stereocenters. The number of carbonyl (C=O) groups is 1. The second kappa shape index (κ2) is 6.95. The molecule has 0 radical (unpaired) electrons. The number of nitrogens with zero attached hydrogens (tertiary/aromatic N) is 4. The number of nitrogens with two attached hydrogens (primary N) is 1. The van der Waals surface area contributed by atoms with Gasteiger partial charge in [0, 0.05) is 25.4 Å². The monoisotopic (exact) mass is 279 g/mol. The number of aryl methyl sites for hydroxylation is 1. The SMILES string of the molecule is Cc1cc(N)nc(S[C@H](C)C(=O)N(C)CCC#N)n1. The van der Waals surface area contributed by atoms with Gasteiger partial charge < -0.3 is 10.6 Å². The molecule has 0 aliphatic rings. The molecule has 0 aliphatic carbocycles. The van der Waals surface area contributed by atoms with E-state index in [2.05, 4.69) is 9.97 Å². The molecule has 1 aromatic rings. The quantitative estimate of drug-likeness (QED) is 0.643. The van der Waals surface area contributed by atoms with E-state index in [9.17, 15) is 4.79 Å². The minimum atomic E-state index is -0.315. The van der Waals surface area contributed by atoms with Crippen LogP contribution in [0.1, 0.15) is 19.0 Å². The molecule has 6 nitrogen and oxygen atoms in total. The van der Waals surface area contributed by atoms with Crippen LogP contribution in [0.25, 0.3) is 0 Å². The number of nitrogen functional groups attached to an aromatic ring is 1. The van der Waals surface area contributed by atoms with Gasteiger partial charge in [-0.3, -0.25) is 4.79 Å². The predicted molar refractivity (Wildman–Crippen MR) is 74.4 cm³/mol. The zero-order chi connectivity index (χ0) is 14.4. The summed E-state index contributed by atoms with van der Waals surface area (Å²) in [6, 6.07) is 3.69. The largest absolute Gasteiger partial charge is 0.384 e. The first-order chi connectivity index (χ1) is 8.93.